The maximum Gasteiger partial charge on any atom is 0.250 e. The number of hydrogen-bond acceptors (Lipinski definition) is 7. The molecule has 0 aliphatic carbocycles. The molecule has 0 fully saturated rings. The van der Waals surface area contributed by atoms with E-state index in [0.29, 0.717) is 34.1 Å². The van der Waals surface area contributed by atoms with Gasteiger partial charge in [-0.3, -0.25) is 9.36 Å². The summed E-state index contributed by atoms with van der Waals surface area (Å²) < 4.78 is 13.3. The minimum Gasteiger partial charge on any atom is -0.493 e. The number of amides is 1. The van der Waals surface area contributed by atoms with Gasteiger partial charge in [-0.05, 0) is 60.5 Å². The fraction of sp³-hybridized carbons (Fsp3) is 0.125. The molecule has 0 unspecified atom stereocenters. The number of thioether (sulfide) groups is 1. The standard InChI is InChI=1S/C32H28ClN5O3S/c1-22-8-11-25(12-9-22)31-36-37-32(38(31)27-15-13-26(33)14-16-27)42-21-30(39)35-34-19-24-10-17-28(40-2)29(18-24)41-20-23-6-4-3-5-7-23/h3-19H,20-21H2,1-2H3,(H,35,39)/b34-19-. The van der Waals surface area contributed by atoms with E-state index < -0.39 is 0 Å². The van der Waals surface area contributed by atoms with Gasteiger partial charge in [0.05, 0.1) is 19.1 Å². The lowest BCUT2D eigenvalue weighted by Gasteiger charge is -2.11. The van der Waals surface area contributed by atoms with Gasteiger partial charge in [-0.1, -0.05) is 83.5 Å². The third kappa shape index (κ3) is 7.37. The van der Waals surface area contributed by atoms with Gasteiger partial charge >= 0.3 is 0 Å². The van der Waals surface area contributed by atoms with E-state index in [1.54, 1.807) is 19.4 Å². The van der Waals surface area contributed by atoms with Crippen molar-refractivity contribution in [3.05, 3.63) is 119 Å². The Morgan fingerprint density at radius 2 is 1.74 bits per heavy atom. The maximum atomic E-state index is 12.7. The molecule has 10 heteroatoms. The monoisotopic (exact) mass is 597 g/mol. The second-order valence-corrected chi connectivity index (χ2v) is 10.6. The minimum absolute atomic E-state index is 0.0883. The molecule has 1 amide bonds. The summed E-state index contributed by atoms with van der Waals surface area (Å²) in [4.78, 5) is 12.7. The van der Waals surface area contributed by atoms with Gasteiger partial charge in [0.25, 0.3) is 5.91 Å². The van der Waals surface area contributed by atoms with E-state index in [1.165, 1.54) is 11.8 Å². The number of aryl methyl sites for hydroxylation is 1. The number of halogens is 1. The maximum absolute atomic E-state index is 12.7. The number of ether oxygens (including phenoxy) is 2. The zero-order chi connectivity index (χ0) is 29.3. The van der Waals surface area contributed by atoms with Crippen LogP contribution in [0.3, 0.4) is 0 Å². The number of nitrogens with one attached hydrogen (secondary N) is 1. The predicted molar refractivity (Wildman–Crippen MR) is 167 cm³/mol. The summed E-state index contributed by atoms with van der Waals surface area (Å²) in [6.07, 6.45) is 1.56. The first-order valence-electron chi connectivity index (χ1n) is 13.1. The number of hydrogen-bond donors (Lipinski definition) is 1. The highest BCUT2D eigenvalue weighted by Gasteiger charge is 2.17. The molecule has 0 atom stereocenters. The van der Waals surface area contributed by atoms with Crippen molar-refractivity contribution in [1.82, 2.24) is 20.2 Å². The zero-order valence-electron chi connectivity index (χ0n) is 23.0. The molecule has 0 radical (unpaired) electrons. The predicted octanol–water partition coefficient (Wildman–Crippen LogP) is 6.73. The van der Waals surface area contributed by atoms with Gasteiger partial charge in [0, 0.05) is 16.3 Å². The Morgan fingerprint density at radius 1 is 0.976 bits per heavy atom. The van der Waals surface area contributed by atoms with E-state index in [0.717, 1.165) is 27.9 Å². The van der Waals surface area contributed by atoms with Gasteiger partial charge in [0.2, 0.25) is 0 Å². The van der Waals surface area contributed by atoms with E-state index in [2.05, 4.69) is 20.7 Å². The minimum atomic E-state index is -0.284. The van der Waals surface area contributed by atoms with Crippen molar-refractivity contribution < 1.29 is 14.3 Å². The quantitative estimate of drug-likeness (QED) is 0.103. The fourth-order valence-electron chi connectivity index (χ4n) is 4.04. The first-order valence-corrected chi connectivity index (χ1v) is 14.4. The fourth-order valence-corrected chi connectivity index (χ4v) is 4.91. The second-order valence-electron chi connectivity index (χ2n) is 9.25. The van der Waals surface area contributed by atoms with E-state index >= 15 is 0 Å². The highest BCUT2D eigenvalue weighted by Crippen LogP contribution is 2.30. The van der Waals surface area contributed by atoms with Gasteiger partial charge in [-0.15, -0.1) is 10.2 Å². The lowest BCUT2D eigenvalue weighted by atomic mass is 10.1. The Morgan fingerprint density at radius 3 is 2.48 bits per heavy atom. The average Bonchev–Trinajstić information content (AvgIpc) is 3.44. The lowest BCUT2D eigenvalue weighted by molar-refractivity contribution is -0.118. The molecule has 8 nitrogen and oxygen atoms in total. The Bertz CT molecular complexity index is 1670. The second kappa shape index (κ2) is 13.8. The normalized spacial score (nSPS) is 11.0. The lowest BCUT2D eigenvalue weighted by Crippen LogP contribution is -2.20. The molecule has 0 bridgehead atoms. The first kappa shape index (κ1) is 28.9. The smallest absolute Gasteiger partial charge is 0.250 e. The van der Waals surface area contributed by atoms with Crippen molar-refractivity contribution in [1.29, 1.82) is 0 Å². The zero-order valence-corrected chi connectivity index (χ0v) is 24.6. The highest BCUT2D eigenvalue weighted by molar-refractivity contribution is 7.99. The topological polar surface area (TPSA) is 90.6 Å². The third-order valence-electron chi connectivity index (χ3n) is 6.19. The summed E-state index contributed by atoms with van der Waals surface area (Å²) in [7, 11) is 1.59. The van der Waals surface area contributed by atoms with Crippen LogP contribution >= 0.6 is 23.4 Å². The largest absolute Gasteiger partial charge is 0.493 e. The highest BCUT2D eigenvalue weighted by atomic mass is 35.5. The Labute approximate surface area is 253 Å². The molecule has 5 rings (SSSR count). The number of aromatic nitrogens is 3. The van der Waals surface area contributed by atoms with Crippen LogP contribution in [0.25, 0.3) is 17.1 Å². The molecule has 1 heterocycles. The Hall–Kier alpha value is -4.60. The van der Waals surface area contributed by atoms with Crippen LogP contribution in [0.5, 0.6) is 11.5 Å². The number of carbonyl (C=O) groups is 1. The molecular weight excluding hydrogens is 570 g/mol. The van der Waals surface area contributed by atoms with Crippen LogP contribution in [0.1, 0.15) is 16.7 Å². The number of benzene rings is 4. The molecule has 212 valence electrons. The van der Waals surface area contributed by atoms with Crippen LogP contribution in [0, 0.1) is 6.92 Å². The van der Waals surface area contributed by atoms with Crippen LogP contribution in [-0.4, -0.2) is 39.7 Å². The van der Waals surface area contributed by atoms with Crippen molar-refractivity contribution in [3.8, 4) is 28.6 Å². The number of nitrogens with zero attached hydrogens (tertiary/aromatic N) is 4. The van der Waals surface area contributed by atoms with Gasteiger partial charge in [-0.2, -0.15) is 5.10 Å². The van der Waals surface area contributed by atoms with Crippen molar-refractivity contribution in [2.24, 2.45) is 5.10 Å². The van der Waals surface area contributed by atoms with Crippen LogP contribution < -0.4 is 14.9 Å². The molecule has 42 heavy (non-hydrogen) atoms. The van der Waals surface area contributed by atoms with E-state index in [9.17, 15) is 4.79 Å². The van der Waals surface area contributed by atoms with E-state index in [4.69, 9.17) is 21.1 Å². The summed E-state index contributed by atoms with van der Waals surface area (Å²) >= 11 is 7.39. The SMILES string of the molecule is COc1ccc(/C=N\NC(=O)CSc2nnc(-c3ccc(C)cc3)n2-c2ccc(Cl)cc2)cc1OCc1ccccc1. The van der Waals surface area contributed by atoms with Crippen LogP contribution in [0.2, 0.25) is 5.02 Å². The van der Waals surface area contributed by atoms with Gasteiger partial charge < -0.3 is 9.47 Å². The van der Waals surface area contributed by atoms with Crippen LogP contribution in [-0.2, 0) is 11.4 Å². The molecule has 0 saturated carbocycles. The van der Waals surface area contributed by atoms with Crippen molar-refractivity contribution >= 4 is 35.5 Å². The molecule has 0 saturated heterocycles. The van der Waals surface area contributed by atoms with Gasteiger partial charge in [0.1, 0.15) is 6.61 Å². The molecule has 1 aromatic heterocycles. The van der Waals surface area contributed by atoms with Crippen LogP contribution in [0.15, 0.2) is 107 Å². The molecule has 1 N–H and O–H groups in total. The first-order chi connectivity index (χ1) is 20.5. The summed E-state index contributed by atoms with van der Waals surface area (Å²) in [6.45, 7) is 2.43. The Balaban J connectivity index is 1.24. The van der Waals surface area contributed by atoms with Gasteiger partial charge in [-0.25, -0.2) is 5.43 Å². The average molecular weight is 598 g/mol. The van der Waals surface area contributed by atoms with Crippen molar-refractivity contribution in [3.63, 3.8) is 0 Å². The summed E-state index contributed by atoms with van der Waals surface area (Å²) in [5.41, 5.74) is 7.27. The number of hydrazone groups is 1. The Kier molecular flexibility index (Phi) is 9.53. The summed E-state index contributed by atoms with van der Waals surface area (Å²) in [5.74, 6) is 1.66. The summed E-state index contributed by atoms with van der Waals surface area (Å²) in [6, 6.07) is 30.8. The van der Waals surface area contributed by atoms with E-state index in [-0.39, 0.29) is 11.7 Å². The summed E-state index contributed by atoms with van der Waals surface area (Å²) in [5, 5.41) is 14.1. The third-order valence-corrected chi connectivity index (χ3v) is 7.37. The molecule has 0 spiro atoms. The van der Waals surface area contributed by atoms with E-state index in [1.807, 2.05) is 102 Å². The van der Waals surface area contributed by atoms with Crippen molar-refractivity contribution in [2.45, 2.75) is 18.7 Å². The van der Waals surface area contributed by atoms with Gasteiger partial charge in [0.15, 0.2) is 22.5 Å². The number of carbonyl (C=O) groups excluding carboxylic acids is 1. The van der Waals surface area contributed by atoms with Crippen molar-refractivity contribution in [2.75, 3.05) is 12.9 Å². The van der Waals surface area contributed by atoms with Crippen LogP contribution in [0.4, 0.5) is 0 Å². The molecule has 5 aromatic rings. The molecule has 4 aromatic carbocycles. The molecule has 0 aliphatic rings. The number of rotatable bonds is 11. The number of methoxy groups -OCH3 is 1. The molecule has 0 aliphatic heterocycles. The molecular formula is C32H28ClN5O3S.